The summed E-state index contributed by atoms with van der Waals surface area (Å²) < 4.78 is 7.68. The number of ether oxygens (including phenoxy) is 1. The second-order valence-electron chi connectivity index (χ2n) is 5.18. The zero-order chi connectivity index (χ0) is 13.8. The average Bonchev–Trinajstić information content (AvgIpc) is 2.71. The van der Waals surface area contributed by atoms with Crippen LogP contribution in [0, 0.1) is 0 Å². The van der Waals surface area contributed by atoms with E-state index in [4.69, 9.17) is 4.74 Å². The first-order valence-electron chi connectivity index (χ1n) is 6.33. The number of nitrogens with zero attached hydrogens (tertiary/aromatic N) is 2. The van der Waals surface area contributed by atoms with E-state index >= 15 is 0 Å². The fourth-order valence-electron chi connectivity index (χ4n) is 1.77. The molecule has 0 aliphatic heterocycles. The van der Waals surface area contributed by atoms with Crippen LogP contribution in [-0.2, 0) is 6.54 Å². The smallest absolute Gasteiger partial charge is 0.161 e. The van der Waals surface area contributed by atoms with Gasteiger partial charge in [-0.25, -0.2) is 0 Å². The first kappa shape index (κ1) is 15.4. The van der Waals surface area contributed by atoms with Crippen molar-refractivity contribution < 1.29 is 4.74 Å². The number of rotatable bonds is 6. The highest BCUT2D eigenvalue weighted by Gasteiger charge is 2.22. The molecule has 1 rings (SSSR count). The molecule has 0 aromatic carbocycles. The molecule has 1 heterocycles. The average molecular weight is 271 g/mol. The third kappa shape index (κ3) is 3.92. The van der Waals surface area contributed by atoms with Gasteiger partial charge in [-0.15, -0.1) is 0 Å². The van der Waals surface area contributed by atoms with Crippen LogP contribution in [0.25, 0.3) is 0 Å². The van der Waals surface area contributed by atoms with Crippen LogP contribution in [0.4, 0.5) is 0 Å². The van der Waals surface area contributed by atoms with Gasteiger partial charge in [-0.1, -0.05) is 20.8 Å². The maximum Gasteiger partial charge on any atom is 0.161 e. The van der Waals surface area contributed by atoms with Gasteiger partial charge in [-0.3, -0.25) is 4.68 Å². The van der Waals surface area contributed by atoms with Gasteiger partial charge in [0.1, 0.15) is 0 Å². The highest BCUT2D eigenvalue weighted by Crippen LogP contribution is 2.32. The van der Waals surface area contributed by atoms with Crippen molar-refractivity contribution in [2.45, 2.75) is 45.0 Å². The molecule has 1 N–H and O–H groups in total. The topological polar surface area (TPSA) is 39.1 Å². The van der Waals surface area contributed by atoms with Crippen LogP contribution in [0.1, 0.15) is 39.4 Å². The molecule has 1 aromatic heterocycles. The molecule has 0 aliphatic carbocycles. The van der Waals surface area contributed by atoms with Gasteiger partial charge >= 0.3 is 0 Å². The van der Waals surface area contributed by atoms with E-state index in [1.165, 1.54) is 0 Å². The summed E-state index contributed by atoms with van der Waals surface area (Å²) in [6, 6.07) is 0.256. The summed E-state index contributed by atoms with van der Waals surface area (Å²) in [6.07, 6.45) is 1.80. The zero-order valence-corrected chi connectivity index (χ0v) is 13.1. The van der Waals surface area contributed by atoms with Gasteiger partial charge in [0.25, 0.3) is 0 Å². The molecular formula is C13H25N3OS. The third-order valence-electron chi connectivity index (χ3n) is 2.73. The van der Waals surface area contributed by atoms with Crippen molar-refractivity contribution >= 4 is 11.8 Å². The Bertz CT molecular complexity index is 349. The summed E-state index contributed by atoms with van der Waals surface area (Å²) in [5, 5.41) is 7.73. The van der Waals surface area contributed by atoms with Gasteiger partial charge in [-0.05, 0) is 14.0 Å². The van der Waals surface area contributed by atoms with Gasteiger partial charge < -0.3 is 10.1 Å². The molecule has 1 unspecified atom stereocenters. The number of nitrogens with one attached hydrogen (secondary N) is 1. The Hall–Kier alpha value is -0.680. The first-order chi connectivity index (χ1) is 8.42. The zero-order valence-electron chi connectivity index (χ0n) is 12.3. The molecular weight excluding hydrogens is 246 g/mol. The number of hydrogen-bond acceptors (Lipinski definition) is 4. The van der Waals surface area contributed by atoms with E-state index in [1.807, 2.05) is 23.5 Å². The molecule has 0 saturated carbocycles. The Morgan fingerprint density at radius 2 is 2.17 bits per heavy atom. The first-order valence-corrected chi connectivity index (χ1v) is 7.32. The molecule has 18 heavy (non-hydrogen) atoms. The summed E-state index contributed by atoms with van der Waals surface area (Å²) in [6.45, 7) is 9.66. The largest absolute Gasteiger partial charge is 0.493 e. The van der Waals surface area contributed by atoms with Crippen molar-refractivity contribution in [3.63, 3.8) is 0 Å². The molecule has 0 amide bonds. The summed E-state index contributed by atoms with van der Waals surface area (Å²) in [4.78, 5) is 0. The molecule has 1 atom stereocenters. The lowest BCUT2D eigenvalue weighted by atomic mass is 10.2. The van der Waals surface area contributed by atoms with Gasteiger partial charge in [0.05, 0.1) is 25.0 Å². The van der Waals surface area contributed by atoms with Crippen LogP contribution in [0.2, 0.25) is 0 Å². The Balaban J connectivity index is 2.90. The lowest BCUT2D eigenvalue weighted by Gasteiger charge is -2.23. The summed E-state index contributed by atoms with van der Waals surface area (Å²) in [5.41, 5.74) is 1.14. The van der Waals surface area contributed by atoms with Crippen LogP contribution < -0.4 is 10.1 Å². The highest BCUT2D eigenvalue weighted by molar-refractivity contribution is 8.00. The second kappa shape index (κ2) is 6.48. The quantitative estimate of drug-likeness (QED) is 0.863. The molecule has 0 aliphatic rings. The lowest BCUT2D eigenvalue weighted by molar-refractivity contribution is 0.399. The van der Waals surface area contributed by atoms with Crippen molar-refractivity contribution in [2.24, 2.45) is 0 Å². The van der Waals surface area contributed by atoms with Crippen LogP contribution in [-0.4, -0.2) is 34.4 Å². The molecule has 0 radical (unpaired) electrons. The number of methoxy groups -OCH3 is 1. The van der Waals surface area contributed by atoms with Crippen molar-refractivity contribution in [1.82, 2.24) is 15.1 Å². The second-order valence-corrected chi connectivity index (χ2v) is 7.03. The van der Waals surface area contributed by atoms with E-state index in [1.54, 1.807) is 13.3 Å². The minimum absolute atomic E-state index is 0.256. The molecule has 0 fully saturated rings. The van der Waals surface area contributed by atoms with Gasteiger partial charge in [0.2, 0.25) is 0 Å². The van der Waals surface area contributed by atoms with Gasteiger partial charge in [0.15, 0.2) is 5.75 Å². The Labute approximate surface area is 114 Å². The molecule has 1 aromatic rings. The summed E-state index contributed by atoms with van der Waals surface area (Å²) in [5.74, 6) is 1.87. The molecule has 0 spiro atoms. The standard InChI is InChI=1S/C13H25N3OS/c1-7-16-12(11(17-6)8-15-16)10(14-5)9-18-13(2,3)4/h8,10,14H,7,9H2,1-6H3. The van der Waals surface area contributed by atoms with E-state index in [0.717, 1.165) is 23.7 Å². The van der Waals surface area contributed by atoms with Gasteiger partial charge in [0, 0.05) is 17.0 Å². The normalized spacial score (nSPS) is 13.7. The van der Waals surface area contributed by atoms with Crippen molar-refractivity contribution in [2.75, 3.05) is 19.9 Å². The molecule has 0 bridgehead atoms. The summed E-state index contributed by atoms with van der Waals surface area (Å²) >= 11 is 1.94. The fraction of sp³-hybridized carbons (Fsp3) is 0.769. The third-order valence-corrected chi connectivity index (χ3v) is 4.09. The maximum absolute atomic E-state index is 5.41. The lowest BCUT2D eigenvalue weighted by Crippen LogP contribution is -2.25. The van der Waals surface area contributed by atoms with E-state index in [-0.39, 0.29) is 10.8 Å². The Morgan fingerprint density at radius 1 is 1.50 bits per heavy atom. The van der Waals surface area contributed by atoms with E-state index in [0.29, 0.717) is 0 Å². The van der Waals surface area contributed by atoms with Crippen LogP contribution in [0.5, 0.6) is 5.75 Å². The van der Waals surface area contributed by atoms with Crippen molar-refractivity contribution in [3.8, 4) is 5.75 Å². The maximum atomic E-state index is 5.41. The highest BCUT2D eigenvalue weighted by atomic mass is 32.2. The minimum atomic E-state index is 0.256. The van der Waals surface area contributed by atoms with E-state index < -0.39 is 0 Å². The number of aryl methyl sites for hydroxylation is 1. The van der Waals surface area contributed by atoms with Gasteiger partial charge in [-0.2, -0.15) is 16.9 Å². The SMILES string of the molecule is CCn1ncc(OC)c1C(CSC(C)(C)C)NC. The molecule has 104 valence electrons. The van der Waals surface area contributed by atoms with Crippen LogP contribution in [0.3, 0.4) is 0 Å². The Morgan fingerprint density at radius 3 is 2.61 bits per heavy atom. The molecule has 0 saturated heterocycles. The number of aromatic nitrogens is 2. The number of thioether (sulfide) groups is 1. The van der Waals surface area contributed by atoms with Crippen LogP contribution >= 0.6 is 11.8 Å². The predicted molar refractivity (Wildman–Crippen MR) is 78.5 cm³/mol. The van der Waals surface area contributed by atoms with Crippen molar-refractivity contribution in [1.29, 1.82) is 0 Å². The van der Waals surface area contributed by atoms with Crippen molar-refractivity contribution in [3.05, 3.63) is 11.9 Å². The monoisotopic (exact) mass is 271 g/mol. The predicted octanol–water partition coefficient (Wildman–Crippen LogP) is 2.70. The van der Waals surface area contributed by atoms with Crippen LogP contribution in [0.15, 0.2) is 6.20 Å². The molecule has 4 nitrogen and oxygen atoms in total. The van der Waals surface area contributed by atoms with E-state index in [2.05, 4.69) is 38.1 Å². The van der Waals surface area contributed by atoms with E-state index in [9.17, 15) is 0 Å². The molecule has 5 heteroatoms. The fourth-order valence-corrected chi connectivity index (χ4v) is 2.76. The Kier molecular flexibility index (Phi) is 5.53. The minimum Gasteiger partial charge on any atom is -0.493 e. The summed E-state index contributed by atoms with van der Waals surface area (Å²) in [7, 11) is 3.68. The number of hydrogen-bond donors (Lipinski definition) is 1.